The van der Waals surface area contributed by atoms with Crippen molar-refractivity contribution < 1.29 is 4.74 Å². The highest BCUT2D eigenvalue weighted by Gasteiger charge is 2.25. The van der Waals surface area contributed by atoms with Crippen molar-refractivity contribution in [3.63, 3.8) is 0 Å². The van der Waals surface area contributed by atoms with E-state index >= 15 is 0 Å². The normalized spacial score (nSPS) is 14.2. The van der Waals surface area contributed by atoms with Gasteiger partial charge in [0.1, 0.15) is 6.10 Å². The molecule has 2 rings (SSSR count). The Bertz CT molecular complexity index is 512. The molecule has 2 aromatic rings. The summed E-state index contributed by atoms with van der Waals surface area (Å²) in [6.45, 7) is 5.51. The van der Waals surface area contributed by atoms with E-state index in [9.17, 15) is 0 Å². The molecule has 1 aromatic carbocycles. The van der Waals surface area contributed by atoms with Crippen LogP contribution in [-0.4, -0.2) is 21.6 Å². The first kappa shape index (κ1) is 14.7. The highest BCUT2D eigenvalue weighted by atomic mass is 16.5. The third-order valence-corrected chi connectivity index (χ3v) is 3.23. The molecule has 0 radical (unpaired) electrons. The van der Waals surface area contributed by atoms with Gasteiger partial charge in [0.05, 0.1) is 17.9 Å². The highest BCUT2D eigenvalue weighted by Crippen LogP contribution is 2.29. The SMILES string of the molecule is CCCn1nncc1C(N)C(OCC)c1ccccc1. The van der Waals surface area contributed by atoms with Crippen molar-refractivity contribution in [2.45, 2.75) is 39.0 Å². The zero-order chi connectivity index (χ0) is 14.4. The first-order valence-corrected chi connectivity index (χ1v) is 7.08. The lowest BCUT2D eigenvalue weighted by Crippen LogP contribution is -2.25. The Hall–Kier alpha value is -1.72. The van der Waals surface area contributed by atoms with E-state index in [-0.39, 0.29) is 12.1 Å². The summed E-state index contributed by atoms with van der Waals surface area (Å²) >= 11 is 0. The number of ether oxygens (including phenoxy) is 1. The van der Waals surface area contributed by atoms with Crippen molar-refractivity contribution in [1.82, 2.24) is 15.0 Å². The van der Waals surface area contributed by atoms with Crippen LogP contribution < -0.4 is 5.73 Å². The molecule has 1 aromatic heterocycles. The average Bonchev–Trinajstić information content (AvgIpc) is 2.94. The van der Waals surface area contributed by atoms with Crippen LogP contribution in [0.3, 0.4) is 0 Å². The van der Waals surface area contributed by atoms with Gasteiger partial charge in [-0.3, -0.25) is 0 Å². The summed E-state index contributed by atoms with van der Waals surface area (Å²) in [7, 11) is 0. The summed E-state index contributed by atoms with van der Waals surface area (Å²) in [6, 6.07) is 9.77. The molecule has 108 valence electrons. The molecule has 0 saturated carbocycles. The number of nitrogens with zero attached hydrogens (tertiary/aromatic N) is 3. The van der Waals surface area contributed by atoms with E-state index in [0.717, 1.165) is 24.2 Å². The summed E-state index contributed by atoms with van der Waals surface area (Å²) in [5, 5.41) is 8.07. The molecule has 0 amide bonds. The third kappa shape index (κ3) is 3.23. The summed E-state index contributed by atoms with van der Waals surface area (Å²) in [5.41, 5.74) is 8.39. The second-order valence-corrected chi connectivity index (χ2v) is 4.69. The van der Waals surface area contributed by atoms with Crippen molar-refractivity contribution >= 4 is 0 Å². The van der Waals surface area contributed by atoms with Gasteiger partial charge in [-0.1, -0.05) is 42.5 Å². The van der Waals surface area contributed by atoms with E-state index in [1.54, 1.807) is 6.20 Å². The van der Waals surface area contributed by atoms with E-state index < -0.39 is 0 Å². The van der Waals surface area contributed by atoms with E-state index in [0.29, 0.717) is 6.61 Å². The van der Waals surface area contributed by atoms with Crippen molar-refractivity contribution in [3.8, 4) is 0 Å². The third-order valence-electron chi connectivity index (χ3n) is 3.23. The summed E-state index contributed by atoms with van der Waals surface area (Å²) < 4.78 is 7.71. The summed E-state index contributed by atoms with van der Waals surface area (Å²) in [4.78, 5) is 0. The molecular formula is C15H22N4O. The second-order valence-electron chi connectivity index (χ2n) is 4.69. The molecule has 5 nitrogen and oxygen atoms in total. The van der Waals surface area contributed by atoms with Gasteiger partial charge in [-0.2, -0.15) is 0 Å². The van der Waals surface area contributed by atoms with Gasteiger partial charge in [-0.25, -0.2) is 4.68 Å². The van der Waals surface area contributed by atoms with Gasteiger partial charge < -0.3 is 10.5 Å². The van der Waals surface area contributed by atoms with Crippen LogP contribution in [0.5, 0.6) is 0 Å². The molecule has 1 heterocycles. The van der Waals surface area contributed by atoms with Gasteiger partial charge >= 0.3 is 0 Å². The quantitative estimate of drug-likeness (QED) is 0.842. The van der Waals surface area contributed by atoms with Crippen LogP contribution in [0.25, 0.3) is 0 Å². The Kier molecular flexibility index (Phi) is 5.26. The van der Waals surface area contributed by atoms with Gasteiger partial charge in [0.25, 0.3) is 0 Å². The molecule has 0 aliphatic heterocycles. The predicted octanol–water partition coefficient (Wildman–Crippen LogP) is 2.47. The van der Waals surface area contributed by atoms with Crippen LogP contribution in [0, 0.1) is 0 Å². The Morgan fingerprint density at radius 1 is 1.25 bits per heavy atom. The minimum absolute atomic E-state index is 0.185. The highest BCUT2D eigenvalue weighted by molar-refractivity contribution is 5.21. The van der Waals surface area contributed by atoms with Gasteiger partial charge in [-0.05, 0) is 18.9 Å². The second kappa shape index (κ2) is 7.17. The minimum atomic E-state index is -0.279. The molecule has 20 heavy (non-hydrogen) atoms. The lowest BCUT2D eigenvalue weighted by molar-refractivity contribution is 0.0408. The van der Waals surface area contributed by atoms with E-state index in [1.807, 2.05) is 41.9 Å². The zero-order valence-corrected chi connectivity index (χ0v) is 12.1. The molecule has 2 atom stereocenters. The van der Waals surface area contributed by atoms with Gasteiger partial charge in [0, 0.05) is 13.2 Å². The van der Waals surface area contributed by atoms with Crippen molar-refractivity contribution in [3.05, 3.63) is 47.8 Å². The Morgan fingerprint density at radius 2 is 2.00 bits per heavy atom. The average molecular weight is 274 g/mol. The standard InChI is InChI=1S/C15H22N4O/c1-3-10-19-13(11-17-18-19)14(16)15(20-4-2)12-8-6-5-7-9-12/h5-9,11,14-15H,3-4,10,16H2,1-2H3. The molecule has 0 saturated heterocycles. The van der Waals surface area contributed by atoms with Gasteiger partial charge in [0.2, 0.25) is 0 Å². The van der Waals surface area contributed by atoms with Crippen LogP contribution in [0.15, 0.2) is 36.5 Å². The summed E-state index contributed by atoms with van der Waals surface area (Å²) in [6.07, 6.45) is 2.54. The molecule has 0 fully saturated rings. The van der Waals surface area contributed by atoms with Gasteiger partial charge in [0.15, 0.2) is 0 Å². The lowest BCUT2D eigenvalue weighted by Gasteiger charge is -2.24. The van der Waals surface area contributed by atoms with Gasteiger partial charge in [-0.15, -0.1) is 5.10 Å². The number of benzene rings is 1. The van der Waals surface area contributed by atoms with Crippen LogP contribution in [0.4, 0.5) is 0 Å². The molecule has 0 spiro atoms. The number of hydrogen-bond donors (Lipinski definition) is 1. The Balaban J connectivity index is 2.27. The minimum Gasteiger partial charge on any atom is -0.372 e. The number of aryl methyl sites for hydroxylation is 1. The van der Waals surface area contributed by atoms with E-state index in [2.05, 4.69) is 17.2 Å². The molecule has 0 aliphatic carbocycles. The molecule has 2 N–H and O–H groups in total. The van der Waals surface area contributed by atoms with Crippen molar-refractivity contribution in [2.75, 3.05) is 6.61 Å². The van der Waals surface area contributed by atoms with Crippen LogP contribution in [0.1, 0.15) is 43.7 Å². The fraction of sp³-hybridized carbons (Fsp3) is 0.467. The molecule has 5 heteroatoms. The maximum atomic E-state index is 6.41. The molecule has 0 bridgehead atoms. The number of rotatable bonds is 7. The van der Waals surface area contributed by atoms with E-state index in [1.165, 1.54) is 0 Å². The fourth-order valence-corrected chi connectivity index (χ4v) is 2.29. The Labute approximate surface area is 119 Å². The maximum Gasteiger partial charge on any atom is 0.103 e. The summed E-state index contributed by atoms with van der Waals surface area (Å²) in [5.74, 6) is 0. The first-order chi connectivity index (χ1) is 9.77. The monoisotopic (exact) mass is 274 g/mol. The molecular weight excluding hydrogens is 252 g/mol. The zero-order valence-electron chi connectivity index (χ0n) is 12.1. The van der Waals surface area contributed by atoms with Crippen molar-refractivity contribution in [2.24, 2.45) is 5.73 Å². The smallest absolute Gasteiger partial charge is 0.103 e. The topological polar surface area (TPSA) is 66.0 Å². The number of nitrogens with two attached hydrogens (primary N) is 1. The maximum absolute atomic E-state index is 6.41. The molecule has 0 aliphatic rings. The fourth-order valence-electron chi connectivity index (χ4n) is 2.29. The number of aromatic nitrogens is 3. The largest absolute Gasteiger partial charge is 0.372 e. The van der Waals surface area contributed by atoms with Crippen LogP contribution >= 0.6 is 0 Å². The van der Waals surface area contributed by atoms with E-state index in [4.69, 9.17) is 10.5 Å². The van der Waals surface area contributed by atoms with Crippen molar-refractivity contribution in [1.29, 1.82) is 0 Å². The lowest BCUT2D eigenvalue weighted by atomic mass is 10.0. The van der Waals surface area contributed by atoms with Crippen LogP contribution in [0.2, 0.25) is 0 Å². The first-order valence-electron chi connectivity index (χ1n) is 7.08. The predicted molar refractivity (Wildman–Crippen MR) is 78.1 cm³/mol. The number of hydrogen-bond acceptors (Lipinski definition) is 4. The molecule has 2 unspecified atom stereocenters. The Morgan fingerprint density at radius 3 is 2.65 bits per heavy atom. The van der Waals surface area contributed by atoms with Crippen LogP contribution in [-0.2, 0) is 11.3 Å².